The number of rotatable bonds is 0. The summed E-state index contributed by atoms with van der Waals surface area (Å²) in [4.78, 5) is 0. The highest BCUT2D eigenvalue weighted by molar-refractivity contribution is 8.15. The van der Waals surface area contributed by atoms with E-state index < -0.39 is 0 Å². The lowest BCUT2D eigenvalue weighted by Gasteiger charge is -2.21. The minimum Gasteiger partial charge on any atom is -0.315 e. The molecule has 1 aliphatic heterocycles. The van der Waals surface area contributed by atoms with Crippen molar-refractivity contribution in [2.24, 2.45) is 5.14 Å². The molecule has 0 spiro atoms. The van der Waals surface area contributed by atoms with Gasteiger partial charge >= 0.3 is 0 Å². The molecule has 1 aliphatic rings. The molecule has 1 saturated heterocycles. The van der Waals surface area contributed by atoms with Crippen molar-refractivity contribution in [3.63, 3.8) is 0 Å². The molecule has 1 fully saturated rings. The van der Waals surface area contributed by atoms with Crippen LogP contribution in [0.3, 0.4) is 0 Å². The van der Waals surface area contributed by atoms with Crippen LogP contribution in [0.1, 0.15) is 0 Å². The maximum absolute atomic E-state index is 5.66. The minimum atomic E-state index is -0.0541. The second-order valence-corrected chi connectivity index (χ2v) is 3.86. The molecular weight excluding hydrogens is 108 g/mol. The summed E-state index contributed by atoms with van der Waals surface area (Å²) in [5.41, 5.74) is 0. The van der Waals surface area contributed by atoms with E-state index in [-0.39, 0.29) is 11.1 Å². The molecule has 0 bridgehead atoms. The number of hydrogen-bond acceptors (Lipinski definition) is 2. The standard InChI is InChI=1S/C4H12N2S/c5-7-3-1-6-2-4-7/h6-7H,1-5H2. The normalized spacial score (nSPS) is 27.9. The van der Waals surface area contributed by atoms with Crippen LogP contribution >= 0.6 is 11.1 Å². The van der Waals surface area contributed by atoms with Crippen molar-refractivity contribution >= 4 is 11.1 Å². The first-order valence-corrected chi connectivity index (χ1v) is 4.38. The van der Waals surface area contributed by atoms with Crippen molar-refractivity contribution in [2.75, 3.05) is 24.6 Å². The van der Waals surface area contributed by atoms with Gasteiger partial charge in [0, 0.05) is 13.1 Å². The summed E-state index contributed by atoms with van der Waals surface area (Å²) < 4.78 is 0. The molecule has 0 aromatic carbocycles. The third-order valence-corrected chi connectivity index (χ3v) is 2.75. The van der Waals surface area contributed by atoms with E-state index >= 15 is 0 Å². The number of nitrogens with two attached hydrogens (primary N) is 1. The van der Waals surface area contributed by atoms with Crippen LogP contribution in [-0.4, -0.2) is 24.6 Å². The summed E-state index contributed by atoms with van der Waals surface area (Å²) in [5, 5.41) is 8.91. The van der Waals surface area contributed by atoms with E-state index in [4.69, 9.17) is 5.14 Å². The Hall–Kier alpha value is 0.270. The summed E-state index contributed by atoms with van der Waals surface area (Å²) in [7, 11) is 0. The third-order valence-electron chi connectivity index (χ3n) is 1.15. The maximum atomic E-state index is 5.66. The predicted molar refractivity (Wildman–Crippen MR) is 35.8 cm³/mol. The molecule has 1 heterocycles. The van der Waals surface area contributed by atoms with Crippen LogP contribution < -0.4 is 10.5 Å². The number of hydrogen-bond donors (Lipinski definition) is 3. The SMILES string of the molecule is N[SH]1CCNCC1. The van der Waals surface area contributed by atoms with Crippen LogP contribution in [0, 0.1) is 0 Å². The van der Waals surface area contributed by atoms with Gasteiger partial charge in [-0.1, -0.05) is 0 Å². The lowest BCUT2D eigenvalue weighted by Crippen LogP contribution is -2.30. The van der Waals surface area contributed by atoms with Gasteiger partial charge in [0.25, 0.3) is 0 Å². The number of nitrogens with one attached hydrogen (secondary N) is 1. The van der Waals surface area contributed by atoms with Crippen LogP contribution in [0.15, 0.2) is 0 Å². The van der Waals surface area contributed by atoms with Gasteiger partial charge in [0.2, 0.25) is 0 Å². The Kier molecular flexibility index (Phi) is 1.97. The first-order chi connectivity index (χ1) is 3.39. The summed E-state index contributed by atoms with van der Waals surface area (Å²) >= 11 is -0.0541. The molecule has 0 unspecified atom stereocenters. The van der Waals surface area contributed by atoms with Gasteiger partial charge < -0.3 is 5.32 Å². The largest absolute Gasteiger partial charge is 0.315 e. The van der Waals surface area contributed by atoms with Crippen LogP contribution in [0.4, 0.5) is 0 Å². The summed E-state index contributed by atoms with van der Waals surface area (Å²) in [6.45, 7) is 2.28. The third kappa shape index (κ3) is 1.67. The van der Waals surface area contributed by atoms with Crippen LogP contribution in [0.5, 0.6) is 0 Å². The Balaban J connectivity index is 2.12. The van der Waals surface area contributed by atoms with E-state index in [0.717, 1.165) is 13.1 Å². The highest BCUT2D eigenvalue weighted by Crippen LogP contribution is 2.13. The van der Waals surface area contributed by atoms with Gasteiger partial charge in [-0.2, -0.15) is 0 Å². The van der Waals surface area contributed by atoms with E-state index in [1.54, 1.807) is 0 Å². The topological polar surface area (TPSA) is 38.0 Å². The molecule has 0 amide bonds. The molecule has 3 heteroatoms. The van der Waals surface area contributed by atoms with Gasteiger partial charge in [-0.05, 0) is 11.5 Å². The lowest BCUT2D eigenvalue weighted by atomic mass is 10.6. The molecule has 44 valence electrons. The predicted octanol–water partition coefficient (Wildman–Crippen LogP) is -0.536. The first-order valence-electron chi connectivity index (χ1n) is 2.60. The van der Waals surface area contributed by atoms with E-state index in [0.29, 0.717) is 0 Å². The van der Waals surface area contributed by atoms with Gasteiger partial charge in [0.1, 0.15) is 0 Å². The average Bonchev–Trinajstić information content (AvgIpc) is 1.69. The zero-order valence-corrected chi connectivity index (χ0v) is 5.25. The second-order valence-electron chi connectivity index (χ2n) is 1.79. The quantitative estimate of drug-likeness (QED) is 0.376. The monoisotopic (exact) mass is 120 g/mol. The van der Waals surface area contributed by atoms with Crippen molar-refractivity contribution in [1.82, 2.24) is 5.32 Å². The summed E-state index contributed by atoms with van der Waals surface area (Å²) in [6.07, 6.45) is 0. The van der Waals surface area contributed by atoms with Crippen molar-refractivity contribution in [3.8, 4) is 0 Å². The van der Waals surface area contributed by atoms with Crippen LogP contribution in [0.25, 0.3) is 0 Å². The molecule has 0 aromatic rings. The Bertz CT molecular complexity index is 51.7. The molecule has 2 nitrogen and oxygen atoms in total. The summed E-state index contributed by atoms with van der Waals surface area (Å²) in [5.74, 6) is 2.44. The molecule has 3 N–H and O–H groups in total. The molecular formula is C4H12N2S. The fourth-order valence-corrected chi connectivity index (χ4v) is 1.80. The Morgan fingerprint density at radius 1 is 1.29 bits per heavy atom. The second kappa shape index (κ2) is 2.55. The summed E-state index contributed by atoms with van der Waals surface area (Å²) in [6, 6.07) is 0. The first kappa shape index (κ1) is 5.41. The minimum absolute atomic E-state index is 0.0541. The van der Waals surface area contributed by atoms with E-state index in [1.807, 2.05) is 0 Å². The molecule has 0 atom stereocenters. The van der Waals surface area contributed by atoms with E-state index in [2.05, 4.69) is 5.32 Å². The van der Waals surface area contributed by atoms with E-state index in [1.165, 1.54) is 11.5 Å². The molecule has 0 aromatic heterocycles. The Morgan fingerprint density at radius 2 is 1.86 bits per heavy atom. The highest BCUT2D eigenvalue weighted by Gasteiger charge is 2.01. The Labute approximate surface area is 46.9 Å². The van der Waals surface area contributed by atoms with E-state index in [9.17, 15) is 0 Å². The Morgan fingerprint density at radius 3 is 2.14 bits per heavy atom. The molecule has 0 radical (unpaired) electrons. The maximum Gasteiger partial charge on any atom is 0.00368 e. The molecule has 0 saturated carbocycles. The van der Waals surface area contributed by atoms with Crippen molar-refractivity contribution in [1.29, 1.82) is 0 Å². The van der Waals surface area contributed by atoms with Gasteiger partial charge in [0.05, 0.1) is 0 Å². The van der Waals surface area contributed by atoms with Crippen LogP contribution in [0.2, 0.25) is 0 Å². The smallest absolute Gasteiger partial charge is 0.00368 e. The van der Waals surface area contributed by atoms with Crippen molar-refractivity contribution in [2.45, 2.75) is 0 Å². The van der Waals surface area contributed by atoms with Gasteiger partial charge in [-0.15, -0.1) is 0 Å². The fourth-order valence-electron chi connectivity index (χ4n) is 0.682. The zero-order chi connectivity index (χ0) is 5.11. The number of thiol groups is 1. The molecule has 7 heavy (non-hydrogen) atoms. The van der Waals surface area contributed by atoms with Crippen LogP contribution in [-0.2, 0) is 0 Å². The average molecular weight is 120 g/mol. The molecule has 1 rings (SSSR count). The van der Waals surface area contributed by atoms with Crippen molar-refractivity contribution < 1.29 is 0 Å². The highest BCUT2D eigenvalue weighted by atomic mass is 32.2. The van der Waals surface area contributed by atoms with Gasteiger partial charge in [-0.25, -0.2) is 11.1 Å². The zero-order valence-electron chi connectivity index (χ0n) is 4.35. The lowest BCUT2D eigenvalue weighted by molar-refractivity contribution is 0.752. The van der Waals surface area contributed by atoms with Gasteiger partial charge in [-0.3, -0.25) is 5.14 Å². The van der Waals surface area contributed by atoms with Gasteiger partial charge in [0.15, 0.2) is 0 Å². The molecule has 0 aliphatic carbocycles. The fraction of sp³-hybridized carbons (Fsp3) is 1.00. The van der Waals surface area contributed by atoms with Crippen molar-refractivity contribution in [3.05, 3.63) is 0 Å².